The third kappa shape index (κ3) is 41.7. The molecule has 0 fully saturated rings. The molecule has 0 heterocycles. The highest BCUT2D eigenvalue weighted by Gasteiger charge is 2.23. The van der Waals surface area contributed by atoms with Gasteiger partial charge in [-0.25, -0.2) is 4.79 Å². The lowest BCUT2D eigenvalue weighted by Crippen LogP contribution is -2.48. The third-order valence-electron chi connectivity index (χ3n) is 12.5. The van der Waals surface area contributed by atoms with E-state index in [2.05, 4.69) is 13.8 Å². The minimum atomic E-state index is -1.47. The Balaban J connectivity index is 5.30. The summed E-state index contributed by atoms with van der Waals surface area (Å²) in [6.07, 6.45) is 29.5. The molecule has 0 aromatic rings. The number of carbonyl (C=O) groups excluding carboxylic acids is 3. The smallest absolute Gasteiger partial charge is 0.407 e. The fourth-order valence-electron chi connectivity index (χ4n) is 8.21. The van der Waals surface area contributed by atoms with Crippen molar-refractivity contribution in [2.24, 2.45) is 0 Å². The van der Waals surface area contributed by atoms with Gasteiger partial charge in [0.25, 0.3) is 0 Å². The molecule has 2 amide bonds. The van der Waals surface area contributed by atoms with Gasteiger partial charge in [-0.15, -0.1) is 0 Å². The van der Waals surface area contributed by atoms with Crippen LogP contribution in [-0.2, 0) is 38.2 Å². The monoisotopic (exact) mass is 1000 g/mol. The highest BCUT2D eigenvalue weighted by molar-refractivity contribution is 5.78. The van der Waals surface area contributed by atoms with E-state index in [1.807, 2.05) is 4.90 Å². The van der Waals surface area contributed by atoms with Crippen LogP contribution in [0, 0.1) is 0 Å². The van der Waals surface area contributed by atoms with E-state index in [1.54, 1.807) is 14.1 Å². The molecule has 0 saturated heterocycles. The van der Waals surface area contributed by atoms with E-state index >= 15 is 0 Å². The van der Waals surface area contributed by atoms with Gasteiger partial charge in [0.2, 0.25) is 5.91 Å². The summed E-state index contributed by atoms with van der Waals surface area (Å²) in [5.74, 6) is -4.92. The van der Waals surface area contributed by atoms with E-state index in [1.165, 1.54) is 125 Å². The topological polar surface area (TPSA) is 235 Å². The number of ether oxygens (including phenoxy) is 2. The molecule has 0 aromatic carbocycles. The van der Waals surface area contributed by atoms with Crippen LogP contribution in [0.1, 0.15) is 194 Å². The summed E-state index contributed by atoms with van der Waals surface area (Å²) in [4.78, 5) is 91.7. The van der Waals surface area contributed by atoms with Crippen molar-refractivity contribution in [2.75, 3.05) is 92.7 Å². The molecular weight excluding hydrogens is 903 g/mol. The van der Waals surface area contributed by atoms with Gasteiger partial charge in [-0.1, -0.05) is 168 Å². The van der Waals surface area contributed by atoms with Gasteiger partial charge in [-0.3, -0.25) is 43.5 Å². The van der Waals surface area contributed by atoms with Gasteiger partial charge in [-0.2, -0.15) is 0 Å². The largest absolute Gasteiger partial charge is 0.480 e. The van der Waals surface area contributed by atoms with Gasteiger partial charge in [0.15, 0.2) is 0 Å². The van der Waals surface area contributed by atoms with Crippen LogP contribution >= 0.6 is 0 Å². The number of aliphatic carboxylic acids is 3. The van der Waals surface area contributed by atoms with Gasteiger partial charge in [0.05, 0.1) is 19.6 Å². The zero-order valence-electron chi connectivity index (χ0n) is 44.1. The van der Waals surface area contributed by atoms with Crippen LogP contribution in [-0.4, -0.2) is 186 Å². The molecule has 0 saturated carbocycles. The fourth-order valence-corrected chi connectivity index (χ4v) is 8.21. The Labute approximate surface area is 421 Å². The number of esters is 2. The first-order chi connectivity index (χ1) is 33.6. The Morgan fingerprint density at radius 1 is 0.429 bits per heavy atom. The lowest BCUT2D eigenvalue weighted by molar-refractivity contribution is -0.160. The van der Waals surface area contributed by atoms with Crippen LogP contribution in [0.4, 0.5) is 4.79 Å². The van der Waals surface area contributed by atoms with Gasteiger partial charge < -0.3 is 39.7 Å². The summed E-state index contributed by atoms with van der Waals surface area (Å²) >= 11 is 0. The average Bonchev–Trinajstić information content (AvgIpc) is 3.30. The normalized spacial score (nSPS) is 11.8. The molecule has 18 nitrogen and oxygen atoms in total. The summed E-state index contributed by atoms with van der Waals surface area (Å²) in [6.45, 7) is 2.56. The Kier molecular flexibility index (Phi) is 42.3. The fraction of sp³-hybridized carbons (Fsp3) is 0.865. The van der Waals surface area contributed by atoms with Crippen LogP contribution in [0.25, 0.3) is 0 Å². The Hall–Kier alpha value is -4.03. The van der Waals surface area contributed by atoms with E-state index in [0.29, 0.717) is 24.3 Å². The molecule has 1 unspecified atom stereocenters. The third-order valence-corrected chi connectivity index (χ3v) is 12.5. The molecule has 0 spiro atoms. The van der Waals surface area contributed by atoms with Crippen molar-refractivity contribution >= 4 is 41.8 Å². The van der Waals surface area contributed by atoms with E-state index in [4.69, 9.17) is 9.47 Å². The molecule has 0 rings (SSSR count). The van der Waals surface area contributed by atoms with E-state index in [-0.39, 0.29) is 76.7 Å². The van der Waals surface area contributed by atoms with Crippen LogP contribution in [0.5, 0.6) is 0 Å². The number of rotatable bonds is 50. The summed E-state index contributed by atoms with van der Waals surface area (Å²) < 4.78 is 11.5. The van der Waals surface area contributed by atoms with Gasteiger partial charge in [0, 0.05) is 65.7 Å². The highest BCUT2D eigenvalue weighted by atomic mass is 16.6. The lowest BCUT2D eigenvalue weighted by Gasteiger charge is -2.30. The average molecular weight is 1000 g/mol. The number of likely N-dealkylation sites (N-methyl/N-ethyl adjacent to an activating group) is 2. The van der Waals surface area contributed by atoms with Gasteiger partial charge >= 0.3 is 35.9 Å². The first-order valence-corrected chi connectivity index (χ1v) is 26.9. The van der Waals surface area contributed by atoms with Crippen LogP contribution in [0.2, 0.25) is 0 Å². The van der Waals surface area contributed by atoms with E-state index < -0.39 is 49.7 Å². The predicted molar refractivity (Wildman–Crippen MR) is 272 cm³/mol. The summed E-state index contributed by atoms with van der Waals surface area (Å²) in [7, 11) is 3.38. The number of carboxylic acid groups (broad SMARTS) is 4. The second kappa shape index (κ2) is 44.9. The number of unbranched alkanes of at least 4 members (excludes halogenated alkanes) is 24. The molecule has 0 aliphatic rings. The molecular formula is C52H97N5O13. The standard InChI is InChI=1S/C52H97N5O13/c1-5-7-9-11-13-15-17-19-21-23-25-27-29-31-50(65)69-44-45(70-51(66)32-30-28-26-24-22-20-18-16-14-12-10-8-6-2)39-53(3)33-34-54(4)46(58)40-55(37-38-57(52(67)68)43-49(63)64)35-36-56(41-47(59)60)42-48(61)62/h45H,5-44H2,1-4H3,(H,59,60)(H,61,62)(H,63,64)(H,67,68). The van der Waals surface area contributed by atoms with E-state index in [9.17, 15) is 54.0 Å². The SMILES string of the molecule is CCCCCCCCCCCCCCCC(=O)OCC(CN(C)CCN(C)C(=O)CN(CCN(CC(=O)O)CC(=O)O)CCN(CC(=O)O)C(=O)O)OC(=O)CCCCCCCCCCCCCCC. The Morgan fingerprint density at radius 2 is 0.814 bits per heavy atom. The van der Waals surface area contributed by atoms with Crippen molar-refractivity contribution in [3.63, 3.8) is 0 Å². The molecule has 18 heteroatoms. The maximum Gasteiger partial charge on any atom is 0.407 e. The maximum atomic E-state index is 13.5. The first-order valence-electron chi connectivity index (χ1n) is 26.9. The molecule has 70 heavy (non-hydrogen) atoms. The van der Waals surface area contributed by atoms with E-state index in [0.717, 1.165) is 49.8 Å². The van der Waals surface area contributed by atoms with Crippen LogP contribution in [0.3, 0.4) is 0 Å². The quantitative estimate of drug-likeness (QED) is 0.0330. The highest BCUT2D eigenvalue weighted by Crippen LogP contribution is 2.15. The Bertz CT molecular complexity index is 1390. The Morgan fingerprint density at radius 3 is 1.23 bits per heavy atom. The van der Waals surface area contributed by atoms with Crippen molar-refractivity contribution in [1.82, 2.24) is 24.5 Å². The molecule has 0 aromatic heterocycles. The molecule has 4 N–H and O–H groups in total. The molecule has 408 valence electrons. The van der Waals surface area contributed by atoms with Crippen molar-refractivity contribution in [1.29, 1.82) is 0 Å². The maximum absolute atomic E-state index is 13.5. The number of carboxylic acids is 3. The predicted octanol–water partition coefficient (Wildman–Crippen LogP) is 8.63. The van der Waals surface area contributed by atoms with Crippen LogP contribution < -0.4 is 0 Å². The second-order valence-electron chi connectivity index (χ2n) is 19.2. The number of carbonyl (C=O) groups is 7. The second-order valence-corrected chi connectivity index (χ2v) is 19.2. The molecule has 0 radical (unpaired) electrons. The number of nitrogens with zero attached hydrogens (tertiary/aromatic N) is 5. The van der Waals surface area contributed by atoms with Gasteiger partial charge in [-0.05, 0) is 19.9 Å². The summed E-state index contributed by atoms with van der Waals surface area (Å²) in [6, 6.07) is 0. The van der Waals surface area contributed by atoms with Crippen molar-refractivity contribution < 1.29 is 63.5 Å². The molecule has 1 atom stereocenters. The minimum absolute atomic E-state index is 0.00892. The van der Waals surface area contributed by atoms with Crippen LogP contribution in [0.15, 0.2) is 0 Å². The summed E-state index contributed by atoms with van der Waals surface area (Å²) in [5, 5.41) is 37.2. The van der Waals surface area contributed by atoms with Crippen molar-refractivity contribution in [3.05, 3.63) is 0 Å². The number of amides is 2. The number of hydrogen-bond donors (Lipinski definition) is 4. The van der Waals surface area contributed by atoms with Gasteiger partial charge in [0.1, 0.15) is 19.3 Å². The first kappa shape index (κ1) is 66.0. The zero-order chi connectivity index (χ0) is 52.2. The van der Waals surface area contributed by atoms with Crippen molar-refractivity contribution in [2.45, 2.75) is 200 Å². The molecule has 0 aliphatic heterocycles. The molecule has 0 bridgehead atoms. The molecule has 0 aliphatic carbocycles. The zero-order valence-corrected chi connectivity index (χ0v) is 44.1. The lowest BCUT2D eigenvalue weighted by atomic mass is 10.0. The minimum Gasteiger partial charge on any atom is -0.480 e. The van der Waals surface area contributed by atoms with Crippen molar-refractivity contribution in [3.8, 4) is 0 Å². The number of hydrogen-bond acceptors (Lipinski definition) is 12. The summed E-state index contributed by atoms with van der Waals surface area (Å²) in [5.41, 5.74) is 0.